The Morgan fingerprint density at radius 2 is 1.48 bits per heavy atom. The second-order valence-corrected chi connectivity index (χ2v) is 11.1. The van der Waals surface area contributed by atoms with Gasteiger partial charge in [0.25, 0.3) is 0 Å². The van der Waals surface area contributed by atoms with Crippen LogP contribution >= 0.6 is 0 Å². The lowest BCUT2D eigenvalue weighted by Gasteiger charge is -2.16. The second kappa shape index (κ2) is 15.4. The molecule has 3 amide bonds. The molecule has 16 heteroatoms. The minimum Gasteiger partial charge on any atom is -0.463 e. The summed E-state index contributed by atoms with van der Waals surface area (Å²) in [5, 5.41) is 32.4. The van der Waals surface area contributed by atoms with Crippen LogP contribution in [0.3, 0.4) is 0 Å². The smallest absolute Gasteiger partial charge is 0.302 e. The third-order valence-corrected chi connectivity index (χ3v) is 7.43. The fourth-order valence-electron chi connectivity index (χ4n) is 5.05. The van der Waals surface area contributed by atoms with Crippen LogP contribution < -0.4 is 21.3 Å². The summed E-state index contributed by atoms with van der Waals surface area (Å²) in [6.45, 7) is 3.15. The Morgan fingerprint density at radius 1 is 0.833 bits per heavy atom. The van der Waals surface area contributed by atoms with Gasteiger partial charge in [-0.25, -0.2) is 15.0 Å². The standard InChI is InChI=1S/C32H36N8O8/c1-18(41)33-11-12-34-25(43)13-20-3-7-22(8-4-20)38-26(44)14-21-5-9-23(10-6-21)39-30-27-31(36-16-35-30)40(17-37-27)32-29(46)28(45)24(48-32)15-47-19(2)42/h3-10,16-17,24,28-29,32,45-46H,11-15H2,1-2H3,(H,33,41)(H,34,43)(H,38,44)(H,35,36,39)/t24-,28-,29-,32-/m1/s1. The molecule has 252 valence electrons. The van der Waals surface area contributed by atoms with Crippen LogP contribution in [-0.4, -0.2) is 91.4 Å². The Bertz CT molecular complexity index is 1760. The van der Waals surface area contributed by atoms with E-state index in [1.165, 1.54) is 31.1 Å². The average Bonchev–Trinajstić information content (AvgIpc) is 3.60. The highest BCUT2D eigenvalue weighted by Gasteiger charge is 2.44. The minimum absolute atomic E-state index is 0.134. The predicted molar refractivity (Wildman–Crippen MR) is 172 cm³/mol. The van der Waals surface area contributed by atoms with Gasteiger partial charge >= 0.3 is 5.97 Å². The van der Waals surface area contributed by atoms with Crippen molar-refractivity contribution in [2.45, 2.75) is 51.2 Å². The molecule has 1 fully saturated rings. The highest BCUT2D eigenvalue weighted by Crippen LogP contribution is 2.33. The fourth-order valence-corrected chi connectivity index (χ4v) is 5.05. The molecule has 4 atom stereocenters. The number of carbonyl (C=O) groups excluding carboxylic acids is 4. The molecule has 0 saturated carbocycles. The normalized spacial score (nSPS) is 18.7. The van der Waals surface area contributed by atoms with E-state index in [1.54, 1.807) is 48.5 Å². The molecule has 1 aliphatic heterocycles. The van der Waals surface area contributed by atoms with Crippen LogP contribution in [0.1, 0.15) is 31.2 Å². The fraction of sp³-hybridized carbons (Fsp3) is 0.344. The van der Waals surface area contributed by atoms with E-state index in [0.717, 1.165) is 11.1 Å². The van der Waals surface area contributed by atoms with Gasteiger partial charge in [0.05, 0.1) is 19.2 Å². The lowest BCUT2D eigenvalue weighted by atomic mass is 10.1. The van der Waals surface area contributed by atoms with Gasteiger partial charge in [0.2, 0.25) is 17.7 Å². The maximum Gasteiger partial charge on any atom is 0.302 e. The van der Waals surface area contributed by atoms with Gasteiger partial charge in [-0.05, 0) is 35.4 Å². The molecule has 3 heterocycles. The number of nitrogens with one attached hydrogen (secondary N) is 4. The van der Waals surface area contributed by atoms with E-state index in [1.807, 2.05) is 0 Å². The number of aromatic nitrogens is 4. The van der Waals surface area contributed by atoms with Crippen LogP contribution in [0.4, 0.5) is 17.2 Å². The Labute approximate surface area is 274 Å². The lowest BCUT2D eigenvalue weighted by Crippen LogP contribution is -2.34. The molecule has 48 heavy (non-hydrogen) atoms. The first-order chi connectivity index (χ1) is 23.1. The monoisotopic (exact) mass is 660 g/mol. The largest absolute Gasteiger partial charge is 0.463 e. The van der Waals surface area contributed by atoms with Crippen molar-refractivity contribution in [1.29, 1.82) is 0 Å². The minimum atomic E-state index is -1.31. The van der Waals surface area contributed by atoms with Crippen LogP contribution in [-0.2, 0) is 41.5 Å². The molecular weight excluding hydrogens is 624 g/mol. The van der Waals surface area contributed by atoms with E-state index in [0.29, 0.717) is 41.4 Å². The summed E-state index contributed by atoms with van der Waals surface area (Å²) >= 11 is 0. The van der Waals surface area contributed by atoms with E-state index in [4.69, 9.17) is 9.47 Å². The van der Waals surface area contributed by atoms with Crippen LogP contribution in [0.15, 0.2) is 61.2 Å². The first-order valence-electron chi connectivity index (χ1n) is 15.2. The van der Waals surface area contributed by atoms with Gasteiger partial charge in [-0.2, -0.15) is 0 Å². The summed E-state index contributed by atoms with van der Waals surface area (Å²) in [5.41, 5.74) is 3.58. The number of fused-ring (bicyclic) bond motifs is 1. The Morgan fingerprint density at radius 3 is 2.15 bits per heavy atom. The number of hydrogen-bond acceptors (Lipinski definition) is 12. The van der Waals surface area contributed by atoms with Gasteiger partial charge in [0.1, 0.15) is 31.2 Å². The number of imidazole rings is 1. The zero-order valence-electron chi connectivity index (χ0n) is 26.3. The van der Waals surface area contributed by atoms with Crippen LogP contribution in [0.25, 0.3) is 11.2 Å². The molecule has 0 aliphatic carbocycles. The van der Waals surface area contributed by atoms with Gasteiger partial charge < -0.3 is 41.0 Å². The van der Waals surface area contributed by atoms with Gasteiger partial charge in [-0.1, -0.05) is 24.3 Å². The molecule has 0 unspecified atom stereocenters. The number of nitrogens with zero attached hydrogens (tertiary/aromatic N) is 4. The van der Waals surface area contributed by atoms with E-state index in [2.05, 4.69) is 36.2 Å². The van der Waals surface area contributed by atoms with Gasteiger partial charge in [0, 0.05) is 38.3 Å². The van der Waals surface area contributed by atoms with Crippen molar-refractivity contribution in [3.05, 3.63) is 72.3 Å². The molecule has 4 aromatic rings. The number of aliphatic hydroxyl groups is 2. The topological polar surface area (TPSA) is 219 Å². The van der Waals surface area contributed by atoms with E-state index in [9.17, 15) is 29.4 Å². The number of rotatable bonds is 13. The Balaban J connectivity index is 1.14. The number of hydrogen-bond donors (Lipinski definition) is 6. The zero-order valence-corrected chi connectivity index (χ0v) is 26.3. The number of esters is 1. The van der Waals surface area contributed by atoms with Gasteiger partial charge in [-0.3, -0.25) is 23.7 Å². The van der Waals surface area contributed by atoms with E-state index >= 15 is 0 Å². The van der Waals surface area contributed by atoms with E-state index in [-0.39, 0.29) is 37.2 Å². The number of amides is 3. The Kier molecular flexibility index (Phi) is 10.9. The van der Waals surface area contributed by atoms with Crippen molar-refractivity contribution < 1.29 is 38.9 Å². The molecule has 0 bridgehead atoms. The molecule has 16 nitrogen and oxygen atoms in total. The maximum absolute atomic E-state index is 12.7. The first kappa shape index (κ1) is 33.9. The number of benzene rings is 2. The second-order valence-electron chi connectivity index (χ2n) is 11.1. The number of aliphatic hydroxyl groups excluding tert-OH is 2. The third-order valence-electron chi connectivity index (χ3n) is 7.43. The molecule has 1 aliphatic rings. The van der Waals surface area contributed by atoms with Crippen LogP contribution in [0.2, 0.25) is 0 Å². The van der Waals surface area contributed by atoms with E-state index < -0.39 is 30.5 Å². The molecule has 0 spiro atoms. The van der Waals surface area contributed by atoms with Crippen molar-refractivity contribution in [2.24, 2.45) is 0 Å². The zero-order chi connectivity index (χ0) is 34.2. The molecule has 2 aromatic heterocycles. The van der Waals surface area contributed by atoms with Crippen LogP contribution in [0, 0.1) is 0 Å². The van der Waals surface area contributed by atoms with Crippen molar-refractivity contribution >= 4 is 52.0 Å². The summed E-state index contributed by atoms with van der Waals surface area (Å²) in [5.74, 6) is -0.672. The molecule has 1 saturated heterocycles. The summed E-state index contributed by atoms with van der Waals surface area (Å²) in [4.78, 5) is 59.8. The van der Waals surface area contributed by atoms with Gasteiger partial charge in [0.15, 0.2) is 23.2 Å². The highest BCUT2D eigenvalue weighted by molar-refractivity contribution is 5.92. The quantitative estimate of drug-likeness (QED) is 0.0864. The SMILES string of the molecule is CC(=O)NCCNC(=O)Cc1ccc(NC(=O)Cc2ccc(Nc3ncnc4c3ncn4[C@@H]3O[C@H](COC(C)=O)[C@@H](O)[C@H]3O)cc2)cc1. The van der Waals surface area contributed by atoms with Crippen molar-refractivity contribution in [1.82, 2.24) is 30.2 Å². The molecule has 6 N–H and O–H groups in total. The summed E-state index contributed by atoms with van der Waals surface area (Å²) in [7, 11) is 0. The number of anilines is 3. The van der Waals surface area contributed by atoms with Gasteiger partial charge in [-0.15, -0.1) is 0 Å². The van der Waals surface area contributed by atoms with Crippen molar-refractivity contribution in [3.8, 4) is 0 Å². The summed E-state index contributed by atoms with van der Waals surface area (Å²) < 4.78 is 12.2. The van der Waals surface area contributed by atoms with Crippen molar-refractivity contribution in [2.75, 3.05) is 30.3 Å². The molecular formula is C32H36N8O8. The Hall–Kier alpha value is -5.45. The predicted octanol–water partition coefficient (Wildman–Crippen LogP) is 0.728. The summed E-state index contributed by atoms with van der Waals surface area (Å²) in [6.07, 6.45) is -1.48. The summed E-state index contributed by atoms with van der Waals surface area (Å²) in [6, 6.07) is 14.2. The number of carbonyl (C=O) groups is 4. The number of ether oxygens (including phenoxy) is 2. The third kappa shape index (κ3) is 8.67. The molecule has 0 radical (unpaired) electrons. The first-order valence-corrected chi connectivity index (χ1v) is 15.2. The van der Waals surface area contributed by atoms with Crippen LogP contribution in [0.5, 0.6) is 0 Å². The van der Waals surface area contributed by atoms with Crippen molar-refractivity contribution in [3.63, 3.8) is 0 Å². The highest BCUT2D eigenvalue weighted by atomic mass is 16.6. The lowest BCUT2D eigenvalue weighted by molar-refractivity contribution is -0.147. The maximum atomic E-state index is 12.7. The molecule has 2 aromatic carbocycles. The average molecular weight is 661 g/mol. The molecule has 5 rings (SSSR count).